The largest absolute Gasteiger partial charge is 0.341 e. The summed E-state index contributed by atoms with van der Waals surface area (Å²) in [5, 5.41) is 3.34. The van der Waals surface area contributed by atoms with Gasteiger partial charge < -0.3 is 15.1 Å². The molecule has 30 heavy (non-hydrogen) atoms. The van der Waals surface area contributed by atoms with Gasteiger partial charge in [-0.1, -0.05) is 12.1 Å². The van der Waals surface area contributed by atoms with E-state index in [1.807, 2.05) is 6.07 Å². The third kappa shape index (κ3) is 3.96. The molecule has 0 saturated carbocycles. The van der Waals surface area contributed by atoms with Crippen LogP contribution in [0.15, 0.2) is 24.3 Å². The molecule has 164 valence electrons. The second-order valence-electron chi connectivity index (χ2n) is 9.31. The number of nitrogens with zero attached hydrogens (tertiary/aromatic N) is 2. The summed E-state index contributed by atoms with van der Waals surface area (Å²) < 4.78 is 13.8. The van der Waals surface area contributed by atoms with E-state index < -0.39 is 0 Å². The Balaban J connectivity index is 0.00000218. The van der Waals surface area contributed by atoms with E-state index in [0.29, 0.717) is 25.3 Å². The van der Waals surface area contributed by atoms with E-state index in [2.05, 4.69) is 15.1 Å². The molecule has 2 bridgehead atoms. The average Bonchev–Trinajstić information content (AvgIpc) is 3.25. The number of amides is 2. The lowest BCUT2D eigenvalue weighted by Crippen LogP contribution is -2.66. The summed E-state index contributed by atoms with van der Waals surface area (Å²) in [5.74, 6) is 0.880. The van der Waals surface area contributed by atoms with Gasteiger partial charge in [0.1, 0.15) is 5.82 Å². The maximum Gasteiger partial charge on any atom is 0.239 e. The van der Waals surface area contributed by atoms with Crippen LogP contribution in [-0.4, -0.2) is 59.4 Å². The zero-order valence-corrected chi connectivity index (χ0v) is 18.1. The van der Waals surface area contributed by atoms with Crippen molar-refractivity contribution in [3.8, 4) is 0 Å². The van der Waals surface area contributed by atoms with Crippen molar-refractivity contribution in [3.63, 3.8) is 0 Å². The Morgan fingerprint density at radius 1 is 1.17 bits per heavy atom. The number of rotatable bonds is 3. The van der Waals surface area contributed by atoms with E-state index in [-0.39, 0.29) is 54.1 Å². The molecule has 0 spiro atoms. The van der Waals surface area contributed by atoms with Crippen molar-refractivity contribution in [2.24, 2.45) is 11.8 Å². The quantitative estimate of drug-likeness (QED) is 0.794. The number of hydrogen-bond donors (Lipinski definition) is 1. The summed E-state index contributed by atoms with van der Waals surface area (Å²) in [6.07, 6.45) is 6.29. The number of nitrogens with one attached hydrogen (secondary N) is 1. The van der Waals surface area contributed by atoms with Gasteiger partial charge in [0.15, 0.2) is 0 Å². The summed E-state index contributed by atoms with van der Waals surface area (Å²) >= 11 is 0. The first-order chi connectivity index (χ1) is 14.1. The molecule has 4 heterocycles. The predicted octanol–water partition coefficient (Wildman–Crippen LogP) is 2.77. The molecule has 2 amide bonds. The van der Waals surface area contributed by atoms with Crippen LogP contribution in [0.4, 0.5) is 4.39 Å². The van der Waals surface area contributed by atoms with Crippen molar-refractivity contribution in [1.82, 2.24) is 15.1 Å². The monoisotopic (exact) mass is 435 g/mol. The first-order valence-corrected chi connectivity index (χ1v) is 11.2. The zero-order valence-electron chi connectivity index (χ0n) is 17.3. The average molecular weight is 436 g/mol. The SMILES string of the molecule is Cl.O=C([C@@H]1CCCN1)N1C[C@H]2C[C@@H](C1)[C@H](Cc1cccc(F)c1)N1C(=O)CCC[C@@H]21. The Morgan fingerprint density at radius 3 is 2.77 bits per heavy atom. The Bertz CT molecular complexity index is 800. The third-order valence-corrected chi connectivity index (χ3v) is 7.50. The highest BCUT2D eigenvalue weighted by Gasteiger charge is 2.50. The van der Waals surface area contributed by atoms with Crippen molar-refractivity contribution in [1.29, 1.82) is 0 Å². The van der Waals surface area contributed by atoms with Crippen LogP contribution in [0.2, 0.25) is 0 Å². The van der Waals surface area contributed by atoms with Crippen molar-refractivity contribution in [2.75, 3.05) is 19.6 Å². The highest BCUT2D eigenvalue weighted by molar-refractivity contribution is 5.85. The number of carbonyl (C=O) groups excluding carboxylic acids is 2. The molecule has 1 aromatic carbocycles. The number of piperidine rings is 3. The molecule has 1 aromatic rings. The summed E-state index contributed by atoms with van der Waals surface area (Å²) in [4.78, 5) is 30.2. The Kier molecular flexibility index (Phi) is 6.35. The Hall–Kier alpha value is -1.66. The Labute approximate surface area is 183 Å². The predicted molar refractivity (Wildman–Crippen MR) is 115 cm³/mol. The molecular formula is C23H31ClFN3O2. The van der Waals surface area contributed by atoms with Crippen LogP contribution in [0.3, 0.4) is 0 Å². The van der Waals surface area contributed by atoms with Gasteiger partial charge in [-0.2, -0.15) is 0 Å². The first-order valence-electron chi connectivity index (χ1n) is 11.2. The number of benzene rings is 1. The van der Waals surface area contributed by atoms with Crippen molar-refractivity contribution >= 4 is 24.2 Å². The topological polar surface area (TPSA) is 52.7 Å². The number of fused-ring (bicyclic) bond motifs is 4. The molecule has 5 atom stereocenters. The van der Waals surface area contributed by atoms with Crippen LogP contribution < -0.4 is 5.32 Å². The molecule has 4 aliphatic heterocycles. The number of likely N-dealkylation sites (tertiary alicyclic amines) is 1. The van der Waals surface area contributed by atoms with Gasteiger partial charge in [-0.15, -0.1) is 12.4 Å². The second-order valence-corrected chi connectivity index (χ2v) is 9.31. The standard InChI is InChI=1S/C23H30FN3O2.ClH/c24-18-5-1-4-15(10-18)11-21-17-12-16(20-7-2-8-22(28)27(20)21)13-26(14-17)23(29)19-6-3-9-25-19;/h1,4-5,10,16-17,19-21,25H,2-3,6-9,11-14H2;1H/t16-,17+,19+,20+,21+;/m1./s1. The van der Waals surface area contributed by atoms with Gasteiger partial charge in [0, 0.05) is 31.6 Å². The van der Waals surface area contributed by atoms with Crippen molar-refractivity contribution in [3.05, 3.63) is 35.6 Å². The van der Waals surface area contributed by atoms with Crippen LogP contribution in [0, 0.1) is 17.7 Å². The minimum absolute atomic E-state index is 0. The fourth-order valence-electron chi connectivity index (χ4n) is 6.24. The molecule has 5 nitrogen and oxygen atoms in total. The molecule has 0 unspecified atom stereocenters. The van der Waals surface area contributed by atoms with E-state index in [9.17, 15) is 14.0 Å². The maximum absolute atomic E-state index is 13.8. The minimum Gasteiger partial charge on any atom is -0.341 e. The van der Waals surface area contributed by atoms with E-state index in [4.69, 9.17) is 0 Å². The summed E-state index contributed by atoms with van der Waals surface area (Å²) in [7, 11) is 0. The number of carbonyl (C=O) groups is 2. The van der Waals surface area contributed by atoms with Gasteiger partial charge in [-0.3, -0.25) is 9.59 Å². The van der Waals surface area contributed by atoms with Gasteiger partial charge in [0.2, 0.25) is 11.8 Å². The van der Waals surface area contributed by atoms with E-state index in [0.717, 1.165) is 50.8 Å². The smallest absolute Gasteiger partial charge is 0.239 e. The number of halogens is 2. The summed E-state index contributed by atoms with van der Waals surface area (Å²) in [6, 6.07) is 6.98. The van der Waals surface area contributed by atoms with Crippen LogP contribution in [0.1, 0.15) is 44.1 Å². The molecule has 4 saturated heterocycles. The fourth-order valence-corrected chi connectivity index (χ4v) is 6.24. The van der Waals surface area contributed by atoms with Gasteiger partial charge in [0.25, 0.3) is 0 Å². The molecule has 4 fully saturated rings. The summed E-state index contributed by atoms with van der Waals surface area (Å²) in [5.41, 5.74) is 0.937. The van der Waals surface area contributed by atoms with Crippen LogP contribution in [0.5, 0.6) is 0 Å². The van der Waals surface area contributed by atoms with Crippen LogP contribution >= 0.6 is 12.4 Å². The molecule has 7 heteroatoms. The molecule has 0 radical (unpaired) electrons. The number of hydrogen-bond acceptors (Lipinski definition) is 3. The van der Waals surface area contributed by atoms with Crippen LogP contribution in [-0.2, 0) is 16.0 Å². The molecule has 1 N–H and O–H groups in total. The highest BCUT2D eigenvalue weighted by atomic mass is 35.5. The molecule has 4 aliphatic rings. The lowest BCUT2D eigenvalue weighted by molar-refractivity contribution is -0.156. The van der Waals surface area contributed by atoms with E-state index in [1.165, 1.54) is 6.07 Å². The maximum atomic E-state index is 13.8. The van der Waals surface area contributed by atoms with E-state index in [1.54, 1.807) is 12.1 Å². The second kappa shape index (κ2) is 8.83. The molecule has 5 rings (SSSR count). The van der Waals surface area contributed by atoms with Gasteiger partial charge in [-0.05, 0) is 74.6 Å². The van der Waals surface area contributed by atoms with E-state index >= 15 is 0 Å². The van der Waals surface area contributed by atoms with Crippen molar-refractivity contribution < 1.29 is 14.0 Å². The third-order valence-electron chi connectivity index (χ3n) is 7.50. The fraction of sp³-hybridized carbons (Fsp3) is 0.652. The summed E-state index contributed by atoms with van der Waals surface area (Å²) in [6.45, 7) is 2.41. The zero-order chi connectivity index (χ0) is 20.0. The molecular weight excluding hydrogens is 405 g/mol. The van der Waals surface area contributed by atoms with Gasteiger partial charge in [-0.25, -0.2) is 4.39 Å². The van der Waals surface area contributed by atoms with Gasteiger partial charge in [0.05, 0.1) is 6.04 Å². The molecule has 0 aliphatic carbocycles. The normalized spacial score (nSPS) is 33.1. The lowest BCUT2D eigenvalue weighted by Gasteiger charge is -2.57. The van der Waals surface area contributed by atoms with Crippen LogP contribution in [0.25, 0.3) is 0 Å². The highest BCUT2D eigenvalue weighted by Crippen LogP contribution is 2.42. The lowest BCUT2D eigenvalue weighted by atomic mass is 9.70. The molecule has 0 aromatic heterocycles. The Morgan fingerprint density at radius 2 is 2.00 bits per heavy atom. The minimum atomic E-state index is -0.231. The van der Waals surface area contributed by atoms with Gasteiger partial charge >= 0.3 is 0 Å². The first kappa shape index (κ1) is 21.6. The van der Waals surface area contributed by atoms with Crippen molar-refractivity contribution in [2.45, 2.75) is 63.1 Å².